The molecule has 5 heteroatoms. The van der Waals surface area contributed by atoms with Crippen molar-refractivity contribution in [2.24, 2.45) is 0 Å². The third-order valence-electron chi connectivity index (χ3n) is 2.49. The molecule has 0 bridgehead atoms. The van der Waals surface area contributed by atoms with E-state index in [1.165, 1.54) is 0 Å². The van der Waals surface area contributed by atoms with Gasteiger partial charge < -0.3 is 5.32 Å². The van der Waals surface area contributed by atoms with Crippen LogP contribution in [-0.2, 0) is 0 Å². The highest BCUT2D eigenvalue weighted by molar-refractivity contribution is 7.10. The lowest BCUT2D eigenvalue weighted by atomic mass is 10.1. The fourth-order valence-corrected chi connectivity index (χ4v) is 3.39. The second-order valence-electron chi connectivity index (χ2n) is 3.50. The van der Waals surface area contributed by atoms with E-state index in [0.29, 0.717) is 10.0 Å². The molecule has 2 aromatic rings. The number of hydrogen-bond donors (Lipinski definition) is 1. The third-order valence-corrected chi connectivity index (χ3v) is 4.74. The van der Waals surface area contributed by atoms with Crippen LogP contribution in [0.25, 0.3) is 0 Å². The van der Waals surface area contributed by atoms with Gasteiger partial charge in [0.15, 0.2) is 0 Å². The highest BCUT2D eigenvalue weighted by Gasteiger charge is 2.20. The zero-order valence-corrected chi connectivity index (χ0v) is 12.1. The Kier molecular flexibility index (Phi) is 4.34. The van der Waals surface area contributed by atoms with Gasteiger partial charge in [-0.2, -0.15) is 0 Å². The van der Waals surface area contributed by atoms with E-state index in [9.17, 15) is 0 Å². The zero-order valence-electron chi connectivity index (χ0n) is 9.01. The average Bonchev–Trinajstić information content (AvgIpc) is 2.72. The Morgan fingerprint density at radius 2 is 1.88 bits per heavy atom. The summed E-state index contributed by atoms with van der Waals surface area (Å²) in [7, 11) is 1.87. The number of rotatable bonds is 3. The summed E-state index contributed by atoms with van der Waals surface area (Å²) in [5.41, 5.74) is 0.936. The van der Waals surface area contributed by atoms with Crippen molar-refractivity contribution < 1.29 is 0 Å². The first-order chi connectivity index (χ1) is 8.15. The first-order valence-electron chi connectivity index (χ1n) is 4.99. The lowest BCUT2D eigenvalue weighted by Gasteiger charge is -2.17. The standard InChI is InChI=1S/C12H10Cl3NS/c1-16-11(12-9(14)5-6-17-12)7-3-2-4-8(13)10(7)15/h2-6,11,16H,1H3. The van der Waals surface area contributed by atoms with Crippen molar-refractivity contribution in [2.45, 2.75) is 6.04 Å². The molecule has 0 spiro atoms. The largest absolute Gasteiger partial charge is 0.309 e. The molecule has 2 rings (SSSR count). The lowest BCUT2D eigenvalue weighted by Crippen LogP contribution is -2.17. The summed E-state index contributed by atoms with van der Waals surface area (Å²) in [5.74, 6) is 0. The lowest BCUT2D eigenvalue weighted by molar-refractivity contribution is 0.704. The molecule has 0 aliphatic carbocycles. The molecule has 1 nitrogen and oxygen atoms in total. The van der Waals surface area contributed by atoms with Crippen LogP contribution >= 0.6 is 46.1 Å². The smallest absolute Gasteiger partial charge is 0.0698 e. The van der Waals surface area contributed by atoms with Gasteiger partial charge in [-0.25, -0.2) is 0 Å². The molecule has 0 aliphatic heterocycles. The van der Waals surface area contributed by atoms with Crippen LogP contribution in [0.4, 0.5) is 0 Å². The van der Waals surface area contributed by atoms with Crippen molar-refractivity contribution >= 4 is 46.1 Å². The Bertz CT molecular complexity index is 524. The van der Waals surface area contributed by atoms with Crippen molar-refractivity contribution in [1.82, 2.24) is 5.32 Å². The van der Waals surface area contributed by atoms with Crippen LogP contribution in [0.5, 0.6) is 0 Å². The van der Waals surface area contributed by atoms with Gasteiger partial charge >= 0.3 is 0 Å². The number of nitrogens with one attached hydrogen (secondary N) is 1. The van der Waals surface area contributed by atoms with Crippen LogP contribution in [0.3, 0.4) is 0 Å². The zero-order chi connectivity index (χ0) is 12.4. The van der Waals surface area contributed by atoms with E-state index in [0.717, 1.165) is 15.5 Å². The fraction of sp³-hybridized carbons (Fsp3) is 0.167. The van der Waals surface area contributed by atoms with E-state index in [-0.39, 0.29) is 6.04 Å². The topological polar surface area (TPSA) is 12.0 Å². The summed E-state index contributed by atoms with van der Waals surface area (Å²) < 4.78 is 0. The molecule has 0 saturated carbocycles. The van der Waals surface area contributed by atoms with Crippen LogP contribution < -0.4 is 5.32 Å². The normalized spacial score (nSPS) is 12.7. The minimum atomic E-state index is -0.0336. The van der Waals surface area contributed by atoms with Crippen LogP contribution in [0.1, 0.15) is 16.5 Å². The van der Waals surface area contributed by atoms with Crippen molar-refractivity contribution in [3.63, 3.8) is 0 Å². The Balaban J connectivity index is 2.50. The van der Waals surface area contributed by atoms with Gasteiger partial charge in [0.25, 0.3) is 0 Å². The van der Waals surface area contributed by atoms with Gasteiger partial charge in [-0.15, -0.1) is 11.3 Å². The van der Waals surface area contributed by atoms with Crippen LogP contribution in [-0.4, -0.2) is 7.05 Å². The molecule has 90 valence electrons. The van der Waals surface area contributed by atoms with Gasteiger partial charge in [0.05, 0.1) is 21.1 Å². The van der Waals surface area contributed by atoms with E-state index < -0.39 is 0 Å². The molecule has 1 N–H and O–H groups in total. The number of halogens is 3. The van der Waals surface area contributed by atoms with Gasteiger partial charge in [-0.3, -0.25) is 0 Å². The fourth-order valence-electron chi connectivity index (χ4n) is 1.68. The van der Waals surface area contributed by atoms with E-state index >= 15 is 0 Å². The molecule has 0 fully saturated rings. The minimum Gasteiger partial charge on any atom is -0.309 e. The quantitative estimate of drug-likeness (QED) is 0.840. The van der Waals surface area contributed by atoms with Crippen molar-refractivity contribution in [2.75, 3.05) is 7.05 Å². The maximum Gasteiger partial charge on any atom is 0.0698 e. The van der Waals surface area contributed by atoms with Crippen molar-refractivity contribution in [3.05, 3.63) is 55.2 Å². The van der Waals surface area contributed by atoms with Crippen molar-refractivity contribution in [1.29, 1.82) is 0 Å². The molecule has 1 unspecified atom stereocenters. The SMILES string of the molecule is CNC(c1cccc(Cl)c1Cl)c1sccc1Cl. The summed E-state index contributed by atoms with van der Waals surface area (Å²) in [5, 5.41) is 7.03. The molecule has 17 heavy (non-hydrogen) atoms. The van der Waals surface area contributed by atoms with Gasteiger partial charge in [0.1, 0.15) is 0 Å². The van der Waals surface area contributed by atoms with Gasteiger partial charge in [-0.05, 0) is 30.1 Å². The highest BCUT2D eigenvalue weighted by atomic mass is 35.5. The maximum atomic E-state index is 6.23. The Hall–Kier alpha value is -0.250. The minimum absolute atomic E-state index is 0.0336. The summed E-state index contributed by atoms with van der Waals surface area (Å²) in [6.45, 7) is 0. The molecule has 1 aromatic carbocycles. The van der Waals surface area contributed by atoms with Gasteiger partial charge in [0, 0.05) is 4.88 Å². The maximum absolute atomic E-state index is 6.23. The Labute approximate surface area is 119 Å². The summed E-state index contributed by atoms with van der Waals surface area (Å²) in [4.78, 5) is 1.04. The van der Waals surface area contributed by atoms with E-state index in [1.807, 2.05) is 30.6 Å². The number of thiophene rings is 1. The molecule has 1 heterocycles. The number of hydrogen-bond acceptors (Lipinski definition) is 2. The monoisotopic (exact) mass is 305 g/mol. The van der Waals surface area contributed by atoms with E-state index in [1.54, 1.807) is 17.4 Å². The second-order valence-corrected chi connectivity index (χ2v) is 5.64. The van der Waals surface area contributed by atoms with Crippen molar-refractivity contribution in [3.8, 4) is 0 Å². The van der Waals surface area contributed by atoms with Crippen LogP contribution in [0.2, 0.25) is 15.1 Å². The third kappa shape index (κ3) is 2.61. The molecule has 0 saturated heterocycles. The second kappa shape index (κ2) is 5.59. The molecule has 0 amide bonds. The molecule has 1 aromatic heterocycles. The molecular formula is C12H10Cl3NS. The van der Waals surface area contributed by atoms with Gasteiger partial charge in [-0.1, -0.05) is 46.9 Å². The molecule has 1 atom stereocenters. The average molecular weight is 307 g/mol. The molecule has 0 aliphatic rings. The number of benzene rings is 1. The van der Waals surface area contributed by atoms with Crippen LogP contribution in [0.15, 0.2) is 29.6 Å². The van der Waals surface area contributed by atoms with E-state index in [2.05, 4.69) is 5.32 Å². The summed E-state index contributed by atoms with van der Waals surface area (Å²) in [6.07, 6.45) is 0. The van der Waals surface area contributed by atoms with Gasteiger partial charge in [0.2, 0.25) is 0 Å². The Morgan fingerprint density at radius 3 is 2.47 bits per heavy atom. The first kappa shape index (κ1) is 13.2. The predicted molar refractivity (Wildman–Crippen MR) is 76.7 cm³/mol. The Morgan fingerprint density at radius 1 is 1.12 bits per heavy atom. The van der Waals surface area contributed by atoms with Crippen LogP contribution in [0, 0.1) is 0 Å². The summed E-state index contributed by atoms with van der Waals surface area (Å²) in [6, 6.07) is 7.45. The molecular weight excluding hydrogens is 297 g/mol. The first-order valence-corrected chi connectivity index (χ1v) is 7.00. The predicted octanol–water partition coefficient (Wildman–Crippen LogP) is 5.02. The molecule has 0 radical (unpaired) electrons. The van der Waals surface area contributed by atoms with E-state index in [4.69, 9.17) is 34.8 Å². The summed E-state index contributed by atoms with van der Waals surface area (Å²) >= 11 is 20.0. The highest BCUT2D eigenvalue weighted by Crippen LogP contribution is 2.37.